The van der Waals surface area contributed by atoms with Gasteiger partial charge in [0.2, 0.25) is 0 Å². The van der Waals surface area contributed by atoms with E-state index in [2.05, 4.69) is 20.4 Å². The van der Waals surface area contributed by atoms with Crippen molar-refractivity contribution < 1.29 is 23.0 Å². The summed E-state index contributed by atoms with van der Waals surface area (Å²) in [6.45, 7) is -2.74. The summed E-state index contributed by atoms with van der Waals surface area (Å²) >= 11 is 0. The lowest BCUT2D eigenvalue weighted by atomic mass is 10.1. The standard InChI is InChI=1S/C19H18F2N4O3/c1-27-16-7-6-14(10-17(16)28-18(20)21)24-19(26)23-11-13-4-2-3-5-15(13)25-9-8-22-12-25/h2-10,12,18H,11H2,1H3,(H2,23,24,26). The number of rotatable bonds is 7. The minimum absolute atomic E-state index is 0.139. The predicted octanol–water partition coefficient (Wildman–Crippen LogP) is 3.80. The third kappa shape index (κ3) is 4.76. The number of para-hydroxylation sites is 1. The van der Waals surface area contributed by atoms with E-state index in [1.54, 1.807) is 18.7 Å². The van der Waals surface area contributed by atoms with Crippen LogP contribution < -0.4 is 20.1 Å². The van der Waals surface area contributed by atoms with Gasteiger partial charge >= 0.3 is 12.6 Å². The quantitative estimate of drug-likeness (QED) is 0.645. The third-order valence-electron chi connectivity index (χ3n) is 3.85. The monoisotopic (exact) mass is 388 g/mol. The number of carbonyl (C=O) groups is 1. The zero-order valence-electron chi connectivity index (χ0n) is 14.9. The summed E-state index contributed by atoms with van der Waals surface area (Å²) in [6, 6.07) is 11.3. The molecule has 1 aromatic heterocycles. The van der Waals surface area contributed by atoms with Gasteiger partial charge in [0.1, 0.15) is 0 Å². The number of ether oxygens (including phenoxy) is 2. The number of nitrogens with zero attached hydrogens (tertiary/aromatic N) is 2. The maximum absolute atomic E-state index is 12.5. The largest absolute Gasteiger partial charge is 0.493 e. The number of carbonyl (C=O) groups excluding carboxylic acids is 1. The van der Waals surface area contributed by atoms with Crippen LogP contribution in [0.25, 0.3) is 5.69 Å². The first kappa shape index (κ1) is 19.2. The van der Waals surface area contributed by atoms with E-state index < -0.39 is 12.6 Å². The molecule has 0 fully saturated rings. The van der Waals surface area contributed by atoms with Crippen LogP contribution in [0, 0.1) is 0 Å². The van der Waals surface area contributed by atoms with E-state index in [1.165, 1.54) is 25.3 Å². The summed E-state index contributed by atoms with van der Waals surface area (Å²) in [5.41, 5.74) is 2.06. The Morgan fingerprint density at radius 2 is 2.04 bits per heavy atom. The Labute approximate surface area is 159 Å². The molecule has 2 amide bonds. The number of urea groups is 1. The molecular formula is C19H18F2N4O3. The van der Waals surface area contributed by atoms with E-state index in [-0.39, 0.29) is 23.7 Å². The SMILES string of the molecule is COc1ccc(NC(=O)NCc2ccccc2-n2ccnc2)cc1OC(F)F. The summed E-state index contributed by atoms with van der Waals surface area (Å²) in [5, 5.41) is 5.32. The van der Waals surface area contributed by atoms with E-state index >= 15 is 0 Å². The Kier molecular flexibility index (Phi) is 6.05. The molecule has 0 aliphatic carbocycles. The third-order valence-corrected chi connectivity index (χ3v) is 3.85. The number of benzene rings is 2. The van der Waals surface area contributed by atoms with Crippen molar-refractivity contribution in [1.82, 2.24) is 14.9 Å². The molecule has 0 radical (unpaired) electrons. The molecule has 146 valence electrons. The van der Waals surface area contributed by atoms with Gasteiger partial charge < -0.3 is 24.7 Å². The second-order valence-electron chi connectivity index (χ2n) is 5.65. The second-order valence-corrected chi connectivity index (χ2v) is 5.65. The molecule has 28 heavy (non-hydrogen) atoms. The molecule has 0 atom stereocenters. The van der Waals surface area contributed by atoms with Gasteiger partial charge in [-0.3, -0.25) is 0 Å². The van der Waals surface area contributed by atoms with Crippen LogP contribution in [0.2, 0.25) is 0 Å². The molecule has 0 aliphatic rings. The maximum atomic E-state index is 12.5. The second kappa shape index (κ2) is 8.85. The van der Waals surface area contributed by atoms with Crippen LogP contribution >= 0.6 is 0 Å². The molecule has 9 heteroatoms. The molecule has 0 aliphatic heterocycles. The first-order valence-electron chi connectivity index (χ1n) is 8.30. The van der Waals surface area contributed by atoms with E-state index in [0.29, 0.717) is 0 Å². The zero-order chi connectivity index (χ0) is 19.9. The van der Waals surface area contributed by atoms with E-state index in [1.807, 2.05) is 28.8 Å². The average molecular weight is 388 g/mol. The molecule has 2 N–H and O–H groups in total. The molecule has 0 spiro atoms. The maximum Gasteiger partial charge on any atom is 0.387 e. The van der Waals surface area contributed by atoms with Crippen LogP contribution in [0.1, 0.15) is 5.56 Å². The first-order chi connectivity index (χ1) is 13.6. The lowest BCUT2D eigenvalue weighted by Crippen LogP contribution is -2.28. The summed E-state index contributed by atoms with van der Waals surface area (Å²) in [6.07, 6.45) is 5.14. The van der Waals surface area contributed by atoms with Crippen LogP contribution in [0.3, 0.4) is 0 Å². The lowest BCUT2D eigenvalue weighted by Gasteiger charge is -2.14. The van der Waals surface area contributed by atoms with Crippen molar-refractivity contribution in [3.63, 3.8) is 0 Å². The molecule has 3 rings (SSSR count). The van der Waals surface area contributed by atoms with Crippen LogP contribution in [-0.4, -0.2) is 29.3 Å². The van der Waals surface area contributed by atoms with Crippen LogP contribution in [-0.2, 0) is 6.54 Å². The van der Waals surface area contributed by atoms with Crippen LogP contribution in [0.5, 0.6) is 11.5 Å². The Hall–Kier alpha value is -3.62. The summed E-state index contributed by atoms with van der Waals surface area (Å²) in [4.78, 5) is 16.2. The highest BCUT2D eigenvalue weighted by Crippen LogP contribution is 2.31. The van der Waals surface area contributed by atoms with Gasteiger partial charge in [-0.15, -0.1) is 0 Å². The fraction of sp³-hybridized carbons (Fsp3) is 0.158. The first-order valence-corrected chi connectivity index (χ1v) is 8.30. The number of alkyl halides is 2. The van der Waals surface area contributed by atoms with Gasteiger partial charge in [0.25, 0.3) is 0 Å². The topological polar surface area (TPSA) is 77.4 Å². The number of amides is 2. The van der Waals surface area contributed by atoms with Crippen molar-refractivity contribution in [2.45, 2.75) is 13.2 Å². The van der Waals surface area contributed by atoms with Gasteiger partial charge in [-0.2, -0.15) is 8.78 Å². The highest BCUT2D eigenvalue weighted by atomic mass is 19.3. The highest BCUT2D eigenvalue weighted by Gasteiger charge is 2.13. The average Bonchev–Trinajstić information content (AvgIpc) is 3.21. The molecule has 2 aromatic carbocycles. The van der Waals surface area contributed by atoms with Gasteiger partial charge in [-0.1, -0.05) is 18.2 Å². The minimum Gasteiger partial charge on any atom is -0.493 e. The molecule has 0 saturated heterocycles. The smallest absolute Gasteiger partial charge is 0.387 e. The molecule has 0 bridgehead atoms. The Morgan fingerprint density at radius 3 is 2.75 bits per heavy atom. The van der Waals surface area contributed by atoms with Crippen molar-refractivity contribution in [3.8, 4) is 17.2 Å². The van der Waals surface area contributed by atoms with Crippen LogP contribution in [0.4, 0.5) is 19.3 Å². The number of halogens is 2. The van der Waals surface area contributed by atoms with Crippen molar-refractivity contribution in [2.75, 3.05) is 12.4 Å². The van der Waals surface area contributed by atoms with Crippen molar-refractivity contribution in [1.29, 1.82) is 0 Å². The Balaban J connectivity index is 1.66. The fourth-order valence-corrected chi connectivity index (χ4v) is 2.61. The predicted molar refractivity (Wildman–Crippen MR) is 99.0 cm³/mol. The van der Waals surface area contributed by atoms with Crippen LogP contribution in [0.15, 0.2) is 61.2 Å². The fourth-order valence-electron chi connectivity index (χ4n) is 2.61. The van der Waals surface area contributed by atoms with Gasteiger partial charge in [0.05, 0.1) is 19.1 Å². The number of aromatic nitrogens is 2. The van der Waals surface area contributed by atoms with Gasteiger partial charge in [-0.05, 0) is 23.8 Å². The number of hydrogen-bond acceptors (Lipinski definition) is 4. The van der Waals surface area contributed by atoms with E-state index in [4.69, 9.17) is 4.74 Å². The lowest BCUT2D eigenvalue weighted by molar-refractivity contribution is -0.0511. The molecule has 3 aromatic rings. The summed E-state index contributed by atoms with van der Waals surface area (Å²) < 4.78 is 36.2. The molecule has 7 nitrogen and oxygen atoms in total. The van der Waals surface area contributed by atoms with Gasteiger partial charge in [0.15, 0.2) is 11.5 Å². The Bertz CT molecular complexity index is 933. The van der Waals surface area contributed by atoms with E-state index in [0.717, 1.165) is 11.3 Å². The zero-order valence-corrected chi connectivity index (χ0v) is 14.9. The molecular weight excluding hydrogens is 370 g/mol. The normalized spacial score (nSPS) is 10.6. The van der Waals surface area contributed by atoms with Crippen molar-refractivity contribution in [3.05, 3.63) is 66.7 Å². The van der Waals surface area contributed by atoms with Gasteiger partial charge in [0, 0.05) is 30.7 Å². The summed E-state index contributed by atoms with van der Waals surface area (Å²) in [7, 11) is 1.34. The summed E-state index contributed by atoms with van der Waals surface area (Å²) in [5.74, 6) is -0.0266. The number of imidazole rings is 1. The Morgan fingerprint density at radius 1 is 1.21 bits per heavy atom. The minimum atomic E-state index is -3.00. The van der Waals surface area contributed by atoms with Gasteiger partial charge in [-0.25, -0.2) is 9.78 Å². The van der Waals surface area contributed by atoms with Crippen molar-refractivity contribution >= 4 is 11.7 Å². The number of nitrogens with one attached hydrogen (secondary N) is 2. The molecule has 0 saturated carbocycles. The number of methoxy groups -OCH3 is 1. The number of hydrogen-bond donors (Lipinski definition) is 2. The highest BCUT2D eigenvalue weighted by molar-refractivity contribution is 5.89. The van der Waals surface area contributed by atoms with Crippen molar-refractivity contribution in [2.24, 2.45) is 0 Å². The number of anilines is 1. The molecule has 0 unspecified atom stereocenters. The van der Waals surface area contributed by atoms with E-state index in [9.17, 15) is 13.6 Å². The molecule has 1 heterocycles.